The Morgan fingerprint density at radius 2 is 2.04 bits per heavy atom. The van der Waals surface area contributed by atoms with Gasteiger partial charge >= 0.3 is 0 Å². The summed E-state index contributed by atoms with van der Waals surface area (Å²) in [6.07, 6.45) is 0. The van der Waals surface area contributed by atoms with Crippen LogP contribution in [0, 0.1) is 17.7 Å². The number of aromatic nitrogens is 2. The highest BCUT2D eigenvalue weighted by Crippen LogP contribution is 2.66. The summed E-state index contributed by atoms with van der Waals surface area (Å²) in [5, 5.41) is -0.938. The Labute approximate surface area is 168 Å². The van der Waals surface area contributed by atoms with Crippen LogP contribution in [0.15, 0.2) is 40.9 Å². The van der Waals surface area contributed by atoms with Crippen LogP contribution in [0.5, 0.6) is 5.75 Å². The summed E-state index contributed by atoms with van der Waals surface area (Å²) in [4.78, 5) is 4.74. The highest BCUT2D eigenvalue weighted by atomic mass is 79.9. The zero-order valence-electron chi connectivity index (χ0n) is 13.7. The van der Waals surface area contributed by atoms with Gasteiger partial charge in [0.25, 0.3) is 0 Å². The smallest absolute Gasteiger partial charge is 0.247 e. The van der Waals surface area contributed by atoms with Crippen molar-refractivity contribution in [1.29, 1.82) is 0 Å². The first-order valence-electron chi connectivity index (χ1n) is 8.38. The SMILES string of the molecule is C[C@@H]1[C@@H]2c3nc4cc(F)c(Br)cc4n3C(c3ccccc3OC(Cl)Cl)[C@H]12. The van der Waals surface area contributed by atoms with Crippen molar-refractivity contribution in [3.8, 4) is 5.75 Å². The number of halogens is 4. The largest absolute Gasteiger partial charge is 0.460 e. The molecule has 1 aromatic heterocycles. The summed E-state index contributed by atoms with van der Waals surface area (Å²) >= 11 is 15.0. The summed E-state index contributed by atoms with van der Waals surface area (Å²) in [5.41, 5.74) is 2.62. The minimum atomic E-state index is -0.938. The Morgan fingerprint density at radius 3 is 2.81 bits per heavy atom. The number of rotatable bonds is 3. The molecule has 2 aromatic carbocycles. The second kappa shape index (κ2) is 5.85. The van der Waals surface area contributed by atoms with Gasteiger partial charge in [-0.2, -0.15) is 0 Å². The van der Waals surface area contributed by atoms with Gasteiger partial charge in [0, 0.05) is 17.5 Å². The molecule has 3 aromatic rings. The van der Waals surface area contributed by atoms with E-state index in [4.69, 9.17) is 32.9 Å². The van der Waals surface area contributed by atoms with Crippen molar-refractivity contribution in [2.24, 2.45) is 11.8 Å². The number of nitrogens with zero attached hydrogens (tertiary/aromatic N) is 2. The summed E-state index contributed by atoms with van der Waals surface area (Å²) in [5.74, 6) is 2.73. The lowest BCUT2D eigenvalue weighted by atomic mass is 10.00. The predicted molar refractivity (Wildman–Crippen MR) is 103 cm³/mol. The van der Waals surface area contributed by atoms with Crippen molar-refractivity contribution in [2.45, 2.75) is 23.9 Å². The molecule has 2 heterocycles. The third kappa shape index (κ3) is 2.33. The average Bonchev–Trinajstić information content (AvgIpc) is 2.95. The molecule has 0 radical (unpaired) electrons. The summed E-state index contributed by atoms with van der Waals surface area (Å²) in [7, 11) is 0. The molecule has 1 aliphatic heterocycles. The molecule has 0 N–H and O–H groups in total. The number of para-hydroxylation sites is 1. The van der Waals surface area contributed by atoms with Crippen LogP contribution < -0.4 is 4.74 Å². The molecule has 5 rings (SSSR count). The van der Waals surface area contributed by atoms with Crippen LogP contribution in [0.1, 0.15) is 30.3 Å². The molecule has 1 fully saturated rings. The fourth-order valence-electron chi connectivity index (χ4n) is 4.47. The quantitative estimate of drug-likeness (QED) is 0.451. The summed E-state index contributed by atoms with van der Waals surface area (Å²) in [6.45, 7) is 2.23. The molecule has 0 saturated heterocycles. The second-order valence-corrected chi connectivity index (χ2v) is 8.79. The van der Waals surface area contributed by atoms with Crippen LogP contribution in [-0.4, -0.2) is 14.6 Å². The molecule has 1 aliphatic carbocycles. The van der Waals surface area contributed by atoms with Gasteiger partial charge < -0.3 is 9.30 Å². The van der Waals surface area contributed by atoms with Gasteiger partial charge in [-0.1, -0.05) is 48.3 Å². The van der Waals surface area contributed by atoms with Crippen LogP contribution in [0.3, 0.4) is 0 Å². The Morgan fingerprint density at radius 1 is 1.27 bits per heavy atom. The van der Waals surface area contributed by atoms with E-state index in [1.807, 2.05) is 24.3 Å². The topological polar surface area (TPSA) is 27.1 Å². The van der Waals surface area contributed by atoms with Crippen LogP contribution in [-0.2, 0) is 0 Å². The van der Waals surface area contributed by atoms with Crippen molar-refractivity contribution in [3.05, 3.63) is 58.1 Å². The number of benzene rings is 2. The number of hydrogen-bond acceptors (Lipinski definition) is 2. The zero-order chi connectivity index (χ0) is 18.2. The van der Waals surface area contributed by atoms with E-state index in [0.717, 1.165) is 16.9 Å². The van der Waals surface area contributed by atoms with Crippen LogP contribution in [0.25, 0.3) is 11.0 Å². The fraction of sp³-hybridized carbons (Fsp3) is 0.316. The number of alkyl halides is 2. The molecule has 1 unspecified atom stereocenters. The lowest BCUT2D eigenvalue weighted by Crippen LogP contribution is -2.14. The van der Waals surface area contributed by atoms with E-state index in [2.05, 4.69) is 27.4 Å². The molecular weight excluding hydrogens is 442 g/mol. The minimum Gasteiger partial charge on any atom is -0.460 e. The molecule has 0 bridgehead atoms. The van der Waals surface area contributed by atoms with Crippen molar-refractivity contribution in [1.82, 2.24) is 9.55 Å². The standard InChI is InChI=1S/C19H14BrCl2FN2O/c1-8-15-16(8)18-24-12-7-11(23)10(20)6-13(12)25(18)17(15)9-4-2-3-5-14(9)26-19(21)22/h2-8,15-17,19H,1H3/t8-,15+,16-,17?/m0/s1. The normalized spacial score (nSPS) is 26.2. The van der Waals surface area contributed by atoms with E-state index in [1.54, 1.807) is 6.07 Å². The molecule has 26 heavy (non-hydrogen) atoms. The molecular formula is C19H14BrCl2FN2O. The van der Waals surface area contributed by atoms with E-state index >= 15 is 0 Å². The number of ether oxygens (including phenoxy) is 1. The van der Waals surface area contributed by atoms with Gasteiger partial charge in [0.15, 0.2) is 0 Å². The molecule has 3 nitrogen and oxygen atoms in total. The number of imidazole rings is 1. The first-order valence-corrected chi connectivity index (χ1v) is 10.0. The average molecular weight is 456 g/mol. The first-order chi connectivity index (χ1) is 12.5. The molecule has 134 valence electrons. The number of fused-ring (bicyclic) bond motifs is 5. The fourth-order valence-corrected chi connectivity index (χ4v) is 4.99. The van der Waals surface area contributed by atoms with Crippen molar-refractivity contribution in [3.63, 3.8) is 0 Å². The van der Waals surface area contributed by atoms with Gasteiger partial charge in [-0.25, -0.2) is 9.37 Å². The van der Waals surface area contributed by atoms with Crippen LogP contribution >= 0.6 is 39.1 Å². The van der Waals surface area contributed by atoms with E-state index in [-0.39, 0.29) is 11.9 Å². The molecule has 1 saturated carbocycles. The Kier molecular flexibility index (Phi) is 3.79. The summed E-state index contributed by atoms with van der Waals surface area (Å²) < 4.78 is 22.3. The lowest BCUT2D eigenvalue weighted by molar-refractivity contribution is 0.343. The Balaban J connectivity index is 1.72. The maximum absolute atomic E-state index is 14.0. The number of hydrogen-bond donors (Lipinski definition) is 0. The van der Waals surface area contributed by atoms with Gasteiger partial charge in [0.05, 0.1) is 21.5 Å². The lowest BCUT2D eigenvalue weighted by Gasteiger charge is -2.22. The van der Waals surface area contributed by atoms with Gasteiger partial charge in [-0.05, 0) is 39.9 Å². The monoisotopic (exact) mass is 454 g/mol. The highest BCUT2D eigenvalue weighted by Gasteiger charge is 2.61. The zero-order valence-corrected chi connectivity index (χ0v) is 16.8. The van der Waals surface area contributed by atoms with Crippen LogP contribution in [0.2, 0.25) is 0 Å². The predicted octanol–water partition coefficient (Wildman–Crippen LogP) is 6.03. The maximum atomic E-state index is 14.0. The maximum Gasteiger partial charge on any atom is 0.247 e. The second-order valence-electron chi connectivity index (χ2n) is 6.92. The van der Waals surface area contributed by atoms with E-state index in [9.17, 15) is 4.39 Å². The van der Waals surface area contributed by atoms with Gasteiger partial charge in [-0.15, -0.1) is 0 Å². The Bertz CT molecular complexity index is 1040. The minimum absolute atomic E-state index is 0.0654. The molecule has 2 aliphatic rings. The van der Waals surface area contributed by atoms with Gasteiger partial charge in [0.2, 0.25) is 5.02 Å². The third-order valence-corrected chi connectivity index (χ3v) is 6.39. The molecule has 0 amide bonds. The molecule has 0 spiro atoms. The summed E-state index contributed by atoms with van der Waals surface area (Å²) in [6, 6.07) is 11.2. The first kappa shape index (κ1) is 16.8. The van der Waals surface area contributed by atoms with Crippen molar-refractivity contribution >= 4 is 50.2 Å². The van der Waals surface area contributed by atoms with Crippen LogP contribution in [0.4, 0.5) is 4.39 Å². The van der Waals surface area contributed by atoms with E-state index < -0.39 is 5.02 Å². The Hall–Kier alpha value is -1.30. The van der Waals surface area contributed by atoms with E-state index in [1.165, 1.54) is 6.07 Å². The molecule has 4 atom stereocenters. The van der Waals surface area contributed by atoms with Gasteiger partial charge in [-0.3, -0.25) is 0 Å². The highest BCUT2D eigenvalue weighted by molar-refractivity contribution is 9.10. The van der Waals surface area contributed by atoms with Crippen molar-refractivity contribution in [2.75, 3.05) is 0 Å². The van der Waals surface area contributed by atoms with Crippen molar-refractivity contribution < 1.29 is 9.13 Å². The van der Waals surface area contributed by atoms with Gasteiger partial charge in [0.1, 0.15) is 17.4 Å². The molecule has 7 heteroatoms. The van der Waals surface area contributed by atoms with E-state index in [0.29, 0.717) is 33.5 Å². The third-order valence-electron chi connectivity index (χ3n) is 5.60.